The molecule has 1 aliphatic rings. The normalized spacial score (nSPS) is 21.9. The predicted octanol–water partition coefficient (Wildman–Crippen LogP) is 1.04. The molecule has 1 aromatic rings. The van der Waals surface area contributed by atoms with Crippen LogP contribution in [-0.2, 0) is 6.54 Å². The lowest BCUT2D eigenvalue weighted by Crippen LogP contribution is -2.26. The highest BCUT2D eigenvalue weighted by Gasteiger charge is 2.18. The van der Waals surface area contributed by atoms with Crippen molar-refractivity contribution >= 4 is 12.4 Å². The quantitative estimate of drug-likeness (QED) is 0.798. The van der Waals surface area contributed by atoms with E-state index in [4.69, 9.17) is 5.73 Å². The van der Waals surface area contributed by atoms with E-state index in [1.165, 1.54) is 0 Å². The van der Waals surface area contributed by atoms with E-state index >= 15 is 0 Å². The number of pyridine rings is 1. The fourth-order valence-corrected chi connectivity index (χ4v) is 1.73. The molecule has 1 aromatic heterocycles. The van der Waals surface area contributed by atoms with Gasteiger partial charge in [0.05, 0.1) is 5.69 Å². The van der Waals surface area contributed by atoms with Crippen molar-refractivity contribution in [3.05, 3.63) is 30.1 Å². The first-order valence-corrected chi connectivity index (χ1v) is 4.72. The summed E-state index contributed by atoms with van der Waals surface area (Å²) >= 11 is 0. The van der Waals surface area contributed by atoms with Crippen LogP contribution < -0.4 is 5.73 Å². The SMILES string of the molecule is Cl.N[C@@H]1CCN(Cc2ccccn2)C1. The number of nitrogens with zero attached hydrogens (tertiary/aromatic N) is 2. The van der Waals surface area contributed by atoms with Crippen molar-refractivity contribution in [2.75, 3.05) is 13.1 Å². The molecule has 0 amide bonds. The van der Waals surface area contributed by atoms with Gasteiger partial charge in [0.2, 0.25) is 0 Å². The Morgan fingerprint density at radius 2 is 2.36 bits per heavy atom. The van der Waals surface area contributed by atoms with E-state index in [0.717, 1.165) is 31.7 Å². The molecule has 2 rings (SSSR count). The lowest BCUT2D eigenvalue weighted by Gasteiger charge is -2.13. The molecule has 2 heterocycles. The van der Waals surface area contributed by atoms with Crippen LogP contribution in [0, 0.1) is 0 Å². The third-order valence-electron chi connectivity index (χ3n) is 2.42. The highest BCUT2D eigenvalue weighted by Crippen LogP contribution is 2.10. The molecule has 4 heteroatoms. The van der Waals surface area contributed by atoms with Crippen LogP contribution in [0.25, 0.3) is 0 Å². The number of aromatic nitrogens is 1. The van der Waals surface area contributed by atoms with Crippen LogP contribution in [-0.4, -0.2) is 29.0 Å². The second-order valence-corrected chi connectivity index (χ2v) is 3.60. The Morgan fingerprint density at radius 3 is 2.93 bits per heavy atom. The van der Waals surface area contributed by atoms with E-state index in [-0.39, 0.29) is 12.4 Å². The van der Waals surface area contributed by atoms with E-state index in [2.05, 4.69) is 16.0 Å². The molecule has 1 saturated heterocycles. The largest absolute Gasteiger partial charge is 0.326 e. The van der Waals surface area contributed by atoms with E-state index in [9.17, 15) is 0 Å². The van der Waals surface area contributed by atoms with Crippen molar-refractivity contribution in [3.63, 3.8) is 0 Å². The van der Waals surface area contributed by atoms with Gasteiger partial charge in [0.25, 0.3) is 0 Å². The summed E-state index contributed by atoms with van der Waals surface area (Å²) in [5.41, 5.74) is 6.95. The van der Waals surface area contributed by atoms with Crippen molar-refractivity contribution < 1.29 is 0 Å². The summed E-state index contributed by atoms with van der Waals surface area (Å²) < 4.78 is 0. The summed E-state index contributed by atoms with van der Waals surface area (Å²) in [6, 6.07) is 6.39. The number of rotatable bonds is 2. The first kappa shape index (κ1) is 11.4. The minimum absolute atomic E-state index is 0. The molecule has 0 radical (unpaired) electrons. The minimum Gasteiger partial charge on any atom is -0.326 e. The highest BCUT2D eigenvalue weighted by atomic mass is 35.5. The predicted molar refractivity (Wildman–Crippen MR) is 59.4 cm³/mol. The van der Waals surface area contributed by atoms with E-state index < -0.39 is 0 Å². The summed E-state index contributed by atoms with van der Waals surface area (Å²) in [6.07, 6.45) is 2.96. The van der Waals surface area contributed by atoms with Crippen LogP contribution in [0.1, 0.15) is 12.1 Å². The fourth-order valence-electron chi connectivity index (χ4n) is 1.73. The van der Waals surface area contributed by atoms with Gasteiger partial charge in [0, 0.05) is 31.9 Å². The van der Waals surface area contributed by atoms with Gasteiger partial charge in [0.15, 0.2) is 0 Å². The molecule has 3 nitrogen and oxygen atoms in total. The second kappa shape index (κ2) is 5.29. The molecule has 0 aromatic carbocycles. The van der Waals surface area contributed by atoms with Gasteiger partial charge < -0.3 is 5.73 Å². The summed E-state index contributed by atoms with van der Waals surface area (Å²) in [6.45, 7) is 3.06. The maximum atomic E-state index is 5.82. The van der Waals surface area contributed by atoms with Gasteiger partial charge in [-0.2, -0.15) is 0 Å². The Kier molecular flexibility index (Phi) is 4.32. The van der Waals surface area contributed by atoms with Crippen LogP contribution in [0.4, 0.5) is 0 Å². The molecule has 0 aliphatic carbocycles. The smallest absolute Gasteiger partial charge is 0.0543 e. The lowest BCUT2D eigenvalue weighted by atomic mass is 10.3. The van der Waals surface area contributed by atoms with Crippen molar-refractivity contribution in [1.82, 2.24) is 9.88 Å². The molecule has 2 N–H and O–H groups in total. The third-order valence-corrected chi connectivity index (χ3v) is 2.42. The Bertz CT molecular complexity index is 265. The van der Waals surface area contributed by atoms with Crippen LogP contribution in [0.15, 0.2) is 24.4 Å². The maximum absolute atomic E-state index is 5.82. The Hall–Kier alpha value is -0.640. The summed E-state index contributed by atoms with van der Waals surface area (Å²) in [5.74, 6) is 0. The number of nitrogens with two attached hydrogens (primary N) is 1. The molecular weight excluding hydrogens is 198 g/mol. The molecule has 1 fully saturated rings. The topological polar surface area (TPSA) is 42.1 Å². The molecule has 1 atom stereocenters. The Labute approximate surface area is 90.7 Å². The first-order chi connectivity index (χ1) is 6.34. The fraction of sp³-hybridized carbons (Fsp3) is 0.500. The van der Waals surface area contributed by atoms with E-state index in [1.807, 2.05) is 18.3 Å². The highest BCUT2D eigenvalue weighted by molar-refractivity contribution is 5.85. The minimum atomic E-state index is 0. The monoisotopic (exact) mass is 213 g/mol. The lowest BCUT2D eigenvalue weighted by molar-refractivity contribution is 0.323. The van der Waals surface area contributed by atoms with Crippen LogP contribution in [0.5, 0.6) is 0 Å². The Morgan fingerprint density at radius 1 is 1.50 bits per heavy atom. The molecule has 1 aliphatic heterocycles. The van der Waals surface area contributed by atoms with Crippen molar-refractivity contribution in [3.8, 4) is 0 Å². The Balaban J connectivity index is 0.000000980. The first-order valence-electron chi connectivity index (χ1n) is 4.72. The van der Waals surface area contributed by atoms with Crippen LogP contribution in [0.3, 0.4) is 0 Å². The number of hydrogen-bond acceptors (Lipinski definition) is 3. The number of likely N-dealkylation sites (tertiary alicyclic amines) is 1. The van der Waals surface area contributed by atoms with Gasteiger partial charge in [-0.25, -0.2) is 0 Å². The molecule has 0 spiro atoms. The average Bonchev–Trinajstić information content (AvgIpc) is 2.53. The zero-order valence-corrected chi connectivity index (χ0v) is 8.91. The summed E-state index contributed by atoms with van der Waals surface area (Å²) in [4.78, 5) is 6.64. The summed E-state index contributed by atoms with van der Waals surface area (Å²) in [5, 5.41) is 0. The van der Waals surface area contributed by atoms with Crippen LogP contribution in [0.2, 0.25) is 0 Å². The molecule has 14 heavy (non-hydrogen) atoms. The zero-order valence-electron chi connectivity index (χ0n) is 8.10. The van der Waals surface area contributed by atoms with Crippen molar-refractivity contribution in [2.24, 2.45) is 5.73 Å². The third kappa shape index (κ3) is 2.94. The number of hydrogen-bond donors (Lipinski definition) is 1. The van der Waals surface area contributed by atoms with E-state index in [0.29, 0.717) is 6.04 Å². The van der Waals surface area contributed by atoms with Gasteiger partial charge in [-0.05, 0) is 18.6 Å². The molecular formula is C10H16ClN3. The van der Waals surface area contributed by atoms with Gasteiger partial charge in [0.1, 0.15) is 0 Å². The molecule has 0 saturated carbocycles. The van der Waals surface area contributed by atoms with Gasteiger partial charge in [-0.1, -0.05) is 6.07 Å². The van der Waals surface area contributed by atoms with Crippen molar-refractivity contribution in [2.45, 2.75) is 19.0 Å². The van der Waals surface area contributed by atoms with Crippen LogP contribution >= 0.6 is 12.4 Å². The van der Waals surface area contributed by atoms with E-state index in [1.54, 1.807) is 0 Å². The second-order valence-electron chi connectivity index (χ2n) is 3.60. The molecule has 78 valence electrons. The average molecular weight is 214 g/mol. The van der Waals surface area contributed by atoms with Crippen molar-refractivity contribution in [1.29, 1.82) is 0 Å². The standard InChI is InChI=1S/C10H15N3.ClH/c11-9-4-6-13(7-9)8-10-3-1-2-5-12-10;/h1-3,5,9H,4,6-8,11H2;1H/t9-;/m1./s1. The van der Waals surface area contributed by atoms with Gasteiger partial charge >= 0.3 is 0 Å². The maximum Gasteiger partial charge on any atom is 0.0543 e. The molecule has 0 bridgehead atoms. The number of halogens is 1. The van der Waals surface area contributed by atoms with Gasteiger partial charge in [-0.15, -0.1) is 12.4 Å². The van der Waals surface area contributed by atoms with Gasteiger partial charge in [-0.3, -0.25) is 9.88 Å². The molecule has 0 unspecified atom stereocenters. The summed E-state index contributed by atoms with van der Waals surface area (Å²) in [7, 11) is 0. The zero-order chi connectivity index (χ0) is 9.10.